The number of carbonyl (C=O) groups excluding carboxylic acids is 1. The molecular weight excluding hydrogens is 524 g/mol. The van der Waals surface area contributed by atoms with E-state index in [1.165, 1.54) is 5.69 Å². The summed E-state index contributed by atoms with van der Waals surface area (Å²) in [6, 6.07) is 17.3. The number of fused-ring (bicyclic) bond motifs is 1. The zero-order valence-electron chi connectivity index (χ0n) is 20.1. The smallest absolute Gasteiger partial charge is 0.257 e. The largest absolute Gasteiger partial charge is 0.372 e. The summed E-state index contributed by atoms with van der Waals surface area (Å²) in [6.45, 7) is 10.3. The number of nitrogens with zero attached hydrogens (tertiary/aromatic N) is 4. The Bertz CT molecular complexity index is 1410. The van der Waals surface area contributed by atoms with Gasteiger partial charge in [-0.3, -0.25) is 10.1 Å². The van der Waals surface area contributed by atoms with Gasteiger partial charge in [0.15, 0.2) is 5.11 Å². The Kier molecular flexibility index (Phi) is 7.47. The molecule has 7 nitrogen and oxygen atoms in total. The molecule has 1 aromatic heterocycles. The van der Waals surface area contributed by atoms with Crippen molar-refractivity contribution >= 4 is 61.6 Å². The highest BCUT2D eigenvalue weighted by atomic mass is 79.9. The van der Waals surface area contributed by atoms with E-state index in [4.69, 9.17) is 22.4 Å². The number of rotatable bonds is 6. The number of carbonyl (C=O) groups is 1. The van der Waals surface area contributed by atoms with Gasteiger partial charge in [0.1, 0.15) is 11.0 Å². The summed E-state index contributed by atoms with van der Waals surface area (Å²) in [5.74, 6) is -0.280. The fourth-order valence-electron chi connectivity index (χ4n) is 3.92. The van der Waals surface area contributed by atoms with Gasteiger partial charge in [-0.05, 0) is 99.6 Å². The van der Waals surface area contributed by atoms with E-state index < -0.39 is 0 Å². The van der Waals surface area contributed by atoms with E-state index in [2.05, 4.69) is 70.4 Å². The predicted octanol–water partition coefficient (Wildman–Crippen LogP) is 5.77. The van der Waals surface area contributed by atoms with Gasteiger partial charge in [0, 0.05) is 34.5 Å². The molecular formula is C26H27BrN6OS. The summed E-state index contributed by atoms with van der Waals surface area (Å²) in [6.07, 6.45) is 0. The average Bonchev–Trinajstić information content (AvgIpc) is 3.22. The molecule has 0 aliphatic carbocycles. The predicted molar refractivity (Wildman–Crippen MR) is 150 cm³/mol. The lowest BCUT2D eigenvalue weighted by Gasteiger charge is -2.22. The summed E-state index contributed by atoms with van der Waals surface area (Å²) in [5, 5.41) is 15.5. The van der Waals surface area contributed by atoms with Crippen LogP contribution in [0.3, 0.4) is 0 Å². The Morgan fingerprint density at radius 1 is 1.00 bits per heavy atom. The van der Waals surface area contributed by atoms with Crippen LogP contribution in [0.25, 0.3) is 16.7 Å². The number of anilines is 2. The van der Waals surface area contributed by atoms with Gasteiger partial charge in [-0.25, -0.2) is 0 Å². The highest BCUT2D eigenvalue weighted by Gasteiger charge is 2.13. The van der Waals surface area contributed by atoms with E-state index >= 15 is 0 Å². The first-order chi connectivity index (χ1) is 16.8. The minimum absolute atomic E-state index is 0.215. The lowest BCUT2D eigenvalue weighted by atomic mass is 10.1. The first kappa shape index (κ1) is 24.8. The van der Waals surface area contributed by atoms with E-state index in [-0.39, 0.29) is 11.0 Å². The van der Waals surface area contributed by atoms with Crippen LogP contribution in [0.5, 0.6) is 0 Å². The Labute approximate surface area is 218 Å². The molecule has 2 N–H and O–H groups in total. The van der Waals surface area contributed by atoms with Gasteiger partial charge >= 0.3 is 0 Å². The maximum absolute atomic E-state index is 12.5. The summed E-state index contributed by atoms with van der Waals surface area (Å²) >= 11 is 8.76. The minimum Gasteiger partial charge on any atom is -0.372 e. The minimum atomic E-state index is -0.280. The molecule has 0 spiro atoms. The quantitative estimate of drug-likeness (QED) is 0.297. The lowest BCUT2D eigenvalue weighted by molar-refractivity contribution is 0.0977. The van der Waals surface area contributed by atoms with Gasteiger partial charge in [0.05, 0.1) is 5.69 Å². The van der Waals surface area contributed by atoms with Gasteiger partial charge in [-0.1, -0.05) is 22.0 Å². The third kappa shape index (κ3) is 5.52. The number of hydrogen-bond donors (Lipinski definition) is 2. The second-order valence-electron chi connectivity index (χ2n) is 8.21. The van der Waals surface area contributed by atoms with E-state index in [0.717, 1.165) is 51.1 Å². The summed E-state index contributed by atoms with van der Waals surface area (Å²) < 4.78 is 0.825. The van der Waals surface area contributed by atoms with Gasteiger partial charge in [0.25, 0.3) is 5.91 Å². The second-order valence-corrected chi connectivity index (χ2v) is 9.53. The Balaban J connectivity index is 1.55. The molecule has 180 valence electrons. The average molecular weight is 552 g/mol. The van der Waals surface area contributed by atoms with E-state index in [9.17, 15) is 4.79 Å². The third-order valence-corrected chi connectivity index (χ3v) is 6.51. The van der Waals surface area contributed by atoms with Gasteiger partial charge < -0.3 is 10.2 Å². The molecule has 3 aromatic carbocycles. The Hall–Kier alpha value is -3.30. The molecule has 0 atom stereocenters. The molecule has 0 saturated carbocycles. The normalized spacial score (nSPS) is 10.9. The van der Waals surface area contributed by atoms with Crippen molar-refractivity contribution in [1.29, 1.82) is 0 Å². The van der Waals surface area contributed by atoms with Crippen molar-refractivity contribution in [1.82, 2.24) is 20.3 Å². The van der Waals surface area contributed by atoms with E-state index in [1.54, 1.807) is 23.0 Å². The Morgan fingerprint density at radius 3 is 2.37 bits per heavy atom. The van der Waals surface area contributed by atoms with Crippen molar-refractivity contribution in [3.05, 3.63) is 75.8 Å². The Morgan fingerprint density at radius 2 is 1.71 bits per heavy atom. The van der Waals surface area contributed by atoms with Crippen molar-refractivity contribution in [3.63, 3.8) is 0 Å². The lowest BCUT2D eigenvalue weighted by Crippen LogP contribution is -2.34. The highest BCUT2D eigenvalue weighted by molar-refractivity contribution is 9.10. The first-order valence-electron chi connectivity index (χ1n) is 11.4. The SMILES string of the molecule is CCN(CC)c1ccc(-n2nc3cc(C)c(NC(=S)NC(=O)c4cccc(Br)c4)cc3n2)c(C)c1. The molecule has 0 saturated heterocycles. The van der Waals surface area contributed by atoms with Crippen LogP contribution in [0, 0.1) is 13.8 Å². The van der Waals surface area contributed by atoms with Crippen molar-refractivity contribution < 1.29 is 4.79 Å². The van der Waals surface area contributed by atoms with Crippen molar-refractivity contribution in [2.45, 2.75) is 27.7 Å². The van der Waals surface area contributed by atoms with Crippen LogP contribution in [0.2, 0.25) is 0 Å². The van der Waals surface area contributed by atoms with Gasteiger partial charge in [-0.2, -0.15) is 4.80 Å². The molecule has 35 heavy (non-hydrogen) atoms. The number of aromatic nitrogens is 3. The highest BCUT2D eigenvalue weighted by Crippen LogP contribution is 2.25. The van der Waals surface area contributed by atoms with E-state index in [1.807, 2.05) is 25.1 Å². The van der Waals surface area contributed by atoms with Crippen molar-refractivity contribution in [3.8, 4) is 5.69 Å². The summed E-state index contributed by atoms with van der Waals surface area (Å²) in [4.78, 5) is 16.5. The number of benzene rings is 3. The summed E-state index contributed by atoms with van der Waals surface area (Å²) in [7, 11) is 0. The fraction of sp³-hybridized carbons (Fsp3) is 0.231. The monoisotopic (exact) mass is 550 g/mol. The maximum atomic E-state index is 12.5. The number of hydrogen-bond acceptors (Lipinski definition) is 5. The molecule has 0 bridgehead atoms. The second kappa shape index (κ2) is 10.5. The van der Waals surface area contributed by atoms with Gasteiger partial charge in [-0.15, -0.1) is 10.2 Å². The van der Waals surface area contributed by atoms with E-state index in [0.29, 0.717) is 5.56 Å². The van der Waals surface area contributed by atoms with Crippen molar-refractivity contribution in [2.24, 2.45) is 0 Å². The molecule has 0 aliphatic heterocycles. The number of halogens is 1. The fourth-order valence-corrected chi connectivity index (χ4v) is 4.52. The molecule has 0 unspecified atom stereocenters. The molecule has 1 heterocycles. The molecule has 0 radical (unpaired) electrons. The topological polar surface area (TPSA) is 75.1 Å². The van der Waals surface area contributed by atoms with Crippen LogP contribution in [0.1, 0.15) is 35.3 Å². The molecule has 1 amide bonds. The number of amides is 1. The molecule has 4 rings (SSSR count). The van der Waals surface area contributed by atoms with Crippen LogP contribution < -0.4 is 15.5 Å². The van der Waals surface area contributed by atoms with Crippen molar-refractivity contribution in [2.75, 3.05) is 23.3 Å². The molecule has 0 aliphatic rings. The zero-order chi connectivity index (χ0) is 25.1. The zero-order valence-corrected chi connectivity index (χ0v) is 22.5. The van der Waals surface area contributed by atoms with Crippen LogP contribution >= 0.6 is 28.1 Å². The first-order valence-corrected chi connectivity index (χ1v) is 12.6. The van der Waals surface area contributed by atoms with Gasteiger partial charge in [0.2, 0.25) is 0 Å². The van der Waals surface area contributed by atoms with Crippen LogP contribution in [-0.2, 0) is 0 Å². The molecule has 4 aromatic rings. The number of thiocarbonyl (C=S) groups is 1. The number of aryl methyl sites for hydroxylation is 2. The standard InChI is InChI=1S/C26H27BrN6OS/c1-5-32(6-2)20-10-11-24(17(4)12-20)33-30-22-13-16(3)21(15-23(22)31-33)28-26(35)29-25(34)18-8-7-9-19(27)14-18/h7-15H,5-6H2,1-4H3,(H2,28,29,34,35). The van der Waals surface area contributed by atoms with Crippen LogP contribution in [0.15, 0.2) is 59.1 Å². The maximum Gasteiger partial charge on any atom is 0.257 e. The molecule has 9 heteroatoms. The van der Waals surface area contributed by atoms with Crippen LogP contribution in [0.4, 0.5) is 11.4 Å². The van der Waals surface area contributed by atoms with Crippen LogP contribution in [-0.4, -0.2) is 39.1 Å². The molecule has 0 fully saturated rings. The third-order valence-electron chi connectivity index (χ3n) is 5.81. The number of nitrogens with one attached hydrogen (secondary N) is 2. The summed E-state index contributed by atoms with van der Waals surface area (Å²) in [5.41, 5.74) is 6.95.